The minimum absolute atomic E-state index is 0.143. The van der Waals surface area contributed by atoms with Gasteiger partial charge in [-0.15, -0.1) is 0 Å². The molecule has 0 aromatic heterocycles. The van der Waals surface area contributed by atoms with Gasteiger partial charge in [0.15, 0.2) is 0 Å². The number of hydrogen-bond donors (Lipinski definition) is 0. The standard InChI is InChI=1S/C28H14F4O4/c29-19-3-7-23(25(31)13-19)27(33)35-21-5-1-15-9-16-2-6-22(12-18(16)10-17(15)11-21)36-28(34)24-8-4-20(30)14-26(24)32/h1-14H. The summed E-state index contributed by atoms with van der Waals surface area (Å²) in [5.74, 6) is -5.35. The molecule has 36 heavy (non-hydrogen) atoms. The van der Waals surface area contributed by atoms with E-state index in [1.807, 2.05) is 6.07 Å². The van der Waals surface area contributed by atoms with Crippen molar-refractivity contribution in [1.29, 1.82) is 0 Å². The lowest BCUT2D eigenvalue weighted by Crippen LogP contribution is -2.11. The molecular weight excluding hydrogens is 476 g/mol. The first-order chi connectivity index (χ1) is 17.3. The Bertz CT molecular complexity index is 1560. The van der Waals surface area contributed by atoms with Crippen LogP contribution in [-0.2, 0) is 0 Å². The van der Waals surface area contributed by atoms with Gasteiger partial charge in [-0.05, 0) is 82.2 Å². The molecule has 5 aromatic carbocycles. The molecule has 0 bridgehead atoms. The average molecular weight is 490 g/mol. The fraction of sp³-hybridized carbons (Fsp3) is 0. The maximum atomic E-state index is 13.9. The van der Waals surface area contributed by atoms with Crippen molar-refractivity contribution in [2.24, 2.45) is 0 Å². The normalized spacial score (nSPS) is 11.0. The SMILES string of the molecule is O=C(Oc1ccc2cc3ccc(OC(=O)c4ccc(F)cc4F)cc3cc2c1)c1ccc(F)cc1F. The maximum Gasteiger partial charge on any atom is 0.346 e. The monoisotopic (exact) mass is 490 g/mol. The average Bonchev–Trinajstić information content (AvgIpc) is 2.82. The van der Waals surface area contributed by atoms with Crippen LogP contribution in [-0.4, -0.2) is 11.9 Å². The van der Waals surface area contributed by atoms with Crippen molar-refractivity contribution in [1.82, 2.24) is 0 Å². The molecule has 0 aliphatic rings. The van der Waals surface area contributed by atoms with E-state index in [2.05, 4.69) is 0 Å². The number of benzene rings is 5. The van der Waals surface area contributed by atoms with Gasteiger partial charge in [-0.3, -0.25) is 0 Å². The highest BCUT2D eigenvalue weighted by Crippen LogP contribution is 2.29. The Morgan fingerprint density at radius 3 is 1.31 bits per heavy atom. The summed E-state index contributed by atoms with van der Waals surface area (Å²) in [6.07, 6.45) is 0. The molecule has 0 N–H and O–H groups in total. The Balaban J connectivity index is 1.42. The second-order valence-electron chi connectivity index (χ2n) is 7.90. The van der Waals surface area contributed by atoms with Gasteiger partial charge < -0.3 is 9.47 Å². The summed E-state index contributed by atoms with van der Waals surface area (Å²) in [7, 11) is 0. The first-order valence-electron chi connectivity index (χ1n) is 10.6. The summed E-state index contributed by atoms with van der Waals surface area (Å²) in [5.41, 5.74) is -0.807. The molecule has 0 atom stereocenters. The fourth-order valence-corrected chi connectivity index (χ4v) is 3.71. The smallest absolute Gasteiger partial charge is 0.346 e. The molecule has 5 aromatic rings. The van der Waals surface area contributed by atoms with E-state index in [4.69, 9.17) is 9.47 Å². The van der Waals surface area contributed by atoms with Crippen molar-refractivity contribution in [3.05, 3.63) is 119 Å². The van der Waals surface area contributed by atoms with Crippen molar-refractivity contribution in [3.8, 4) is 11.5 Å². The van der Waals surface area contributed by atoms with Gasteiger partial charge >= 0.3 is 11.9 Å². The molecule has 0 spiro atoms. The van der Waals surface area contributed by atoms with E-state index in [1.165, 1.54) is 0 Å². The molecule has 0 heterocycles. The summed E-state index contributed by atoms with van der Waals surface area (Å²) in [6, 6.07) is 18.4. The van der Waals surface area contributed by atoms with Crippen LogP contribution in [0.2, 0.25) is 0 Å². The number of esters is 2. The Morgan fingerprint density at radius 1 is 0.472 bits per heavy atom. The van der Waals surface area contributed by atoms with Crippen LogP contribution in [0.1, 0.15) is 20.7 Å². The third-order valence-corrected chi connectivity index (χ3v) is 5.46. The summed E-state index contributed by atoms with van der Waals surface area (Å²) in [4.78, 5) is 24.6. The number of carbonyl (C=O) groups excluding carboxylic acids is 2. The van der Waals surface area contributed by atoms with Crippen LogP contribution in [0.15, 0.2) is 84.9 Å². The predicted molar refractivity (Wildman–Crippen MR) is 124 cm³/mol. The third-order valence-electron chi connectivity index (χ3n) is 5.46. The van der Waals surface area contributed by atoms with Gasteiger partial charge in [-0.2, -0.15) is 0 Å². The highest BCUT2D eigenvalue weighted by Gasteiger charge is 2.17. The van der Waals surface area contributed by atoms with E-state index >= 15 is 0 Å². The van der Waals surface area contributed by atoms with Gasteiger partial charge in [-0.1, -0.05) is 12.1 Å². The van der Waals surface area contributed by atoms with Crippen LogP contribution in [0.3, 0.4) is 0 Å². The number of halogens is 4. The van der Waals surface area contributed by atoms with Crippen molar-refractivity contribution in [3.63, 3.8) is 0 Å². The van der Waals surface area contributed by atoms with E-state index in [0.717, 1.165) is 35.0 Å². The molecule has 178 valence electrons. The largest absolute Gasteiger partial charge is 0.423 e. The Kier molecular flexibility index (Phi) is 5.85. The van der Waals surface area contributed by atoms with Crippen molar-refractivity contribution >= 4 is 33.5 Å². The van der Waals surface area contributed by atoms with Crippen molar-refractivity contribution in [2.75, 3.05) is 0 Å². The first-order valence-corrected chi connectivity index (χ1v) is 10.6. The second-order valence-corrected chi connectivity index (χ2v) is 7.90. The molecule has 8 heteroatoms. The fourth-order valence-electron chi connectivity index (χ4n) is 3.71. The van der Waals surface area contributed by atoms with Gasteiger partial charge in [-0.25, -0.2) is 27.2 Å². The lowest BCUT2D eigenvalue weighted by atomic mass is 10.0. The lowest BCUT2D eigenvalue weighted by molar-refractivity contribution is 0.0720. The molecule has 0 saturated heterocycles. The Labute approximate surface area is 201 Å². The van der Waals surface area contributed by atoms with Crippen LogP contribution >= 0.6 is 0 Å². The predicted octanol–water partition coefficient (Wildman–Crippen LogP) is 6.99. The van der Waals surface area contributed by atoms with Gasteiger partial charge in [0, 0.05) is 12.1 Å². The zero-order valence-corrected chi connectivity index (χ0v) is 18.2. The quantitative estimate of drug-likeness (QED) is 0.118. The maximum absolute atomic E-state index is 13.9. The third kappa shape index (κ3) is 4.61. The summed E-state index contributed by atoms with van der Waals surface area (Å²) < 4.78 is 64.5. The second kappa shape index (κ2) is 9.14. The van der Waals surface area contributed by atoms with Crippen LogP contribution in [0, 0.1) is 23.3 Å². The minimum atomic E-state index is -1.03. The van der Waals surface area contributed by atoms with E-state index in [0.29, 0.717) is 22.9 Å². The highest BCUT2D eigenvalue weighted by molar-refractivity contribution is 6.00. The van der Waals surface area contributed by atoms with Crippen molar-refractivity contribution in [2.45, 2.75) is 0 Å². The molecule has 0 aliphatic heterocycles. The topological polar surface area (TPSA) is 52.6 Å². The van der Waals surface area contributed by atoms with Gasteiger partial charge in [0.25, 0.3) is 0 Å². The summed E-state index contributed by atoms with van der Waals surface area (Å²) in [6.45, 7) is 0. The van der Waals surface area contributed by atoms with E-state index in [9.17, 15) is 27.2 Å². The van der Waals surface area contributed by atoms with Gasteiger partial charge in [0.1, 0.15) is 34.8 Å². The Morgan fingerprint density at radius 2 is 0.889 bits per heavy atom. The minimum Gasteiger partial charge on any atom is -0.423 e. The van der Waals surface area contributed by atoms with Crippen LogP contribution in [0.5, 0.6) is 11.5 Å². The lowest BCUT2D eigenvalue weighted by Gasteiger charge is -2.09. The molecular formula is C28H14F4O4. The molecule has 0 aliphatic carbocycles. The zero-order chi connectivity index (χ0) is 25.4. The number of fused-ring (bicyclic) bond motifs is 2. The van der Waals surface area contributed by atoms with Crippen LogP contribution < -0.4 is 9.47 Å². The molecule has 0 fully saturated rings. The van der Waals surface area contributed by atoms with Crippen molar-refractivity contribution < 1.29 is 36.6 Å². The zero-order valence-electron chi connectivity index (χ0n) is 18.2. The van der Waals surface area contributed by atoms with Crippen LogP contribution in [0.25, 0.3) is 21.5 Å². The number of carbonyl (C=O) groups is 2. The number of hydrogen-bond acceptors (Lipinski definition) is 4. The number of rotatable bonds is 4. The molecule has 4 nitrogen and oxygen atoms in total. The summed E-state index contributed by atoms with van der Waals surface area (Å²) >= 11 is 0. The molecule has 5 rings (SSSR count). The van der Waals surface area contributed by atoms with Crippen LogP contribution in [0.4, 0.5) is 17.6 Å². The Hall–Kier alpha value is -4.72. The molecule has 0 unspecified atom stereocenters. The summed E-state index contributed by atoms with van der Waals surface area (Å²) in [5, 5.41) is 2.96. The van der Waals surface area contributed by atoms with E-state index < -0.39 is 46.3 Å². The van der Waals surface area contributed by atoms with Gasteiger partial charge in [0.05, 0.1) is 11.1 Å². The molecule has 0 amide bonds. The molecule has 0 radical (unpaired) electrons. The molecule has 0 saturated carbocycles. The van der Waals surface area contributed by atoms with E-state index in [-0.39, 0.29) is 11.5 Å². The highest BCUT2D eigenvalue weighted by atomic mass is 19.1. The number of ether oxygens (including phenoxy) is 2. The van der Waals surface area contributed by atoms with E-state index in [1.54, 1.807) is 42.5 Å². The first kappa shape index (κ1) is 23.0. The van der Waals surface area contributed by atoms with Gasteiger partial charge in [0.2, 0.25) is 0 Å².